The van der Waals surface area contributed by atoms with Gasteiger partial charge >= 0.3 is 0 Å². The number of amides is 1. The number of hydrogen-bond donors (Lipinski definition) is 1. The second kappa shape index (κ2) is 10.2. The third-order valence-electron chi connectivity index (χ3n) is 5.16. The lowest BCUT2D eigenvalue weighted by molar-refractivity contribution is -0.119. The van der Waals surface area contributed by atoms with Crippen LogP contribution in [0, 0.1) is 0 Å². The Hall–Kier alpha value is -3.56. The van der Waals surface area contributed by atoms with Crippen LogP contribution in [0.4, 0.5) is 0 Å². The van der Waals surface area contributed by atoms with E-state index in [-0.39, 0.29) is 12.7 Å². The molecule has 4 rings (SSSR count). The molecule has 0 unspecified atom stereocenters. The summed E-state index contributed by atoms with van der Waals surface area (Å²) in [6.45, 7) is 2.70. The summed E-state index contributed by atoms with van der Waals surface area (Å²) < 4.78 is 16.8. The average molecular weight is 435 g/mol. The zero-order valence-electron chi connectivity index (χ0n) is 17.8. The first-order valence-electron chi connectivity index (χ1n) is 10.3. The van der Waals surface area contributed by atoms with E-state index in [9.17, 15) is 4.79 Å². The third kappa shape index (κ3) is 5.37. The number of primary amides is 1. The maximum Gasteiger partial charge on any atom is 0.255 e. The molecule has 0 bridgehead atoms. The summed E-state index contributed by atoms with van der Waals surface area (Å²) in [5, 5.41) is 0. The Kier molecular flexibility index (Phi) is 6.88. The molecule has 3 aromatic rings. The number of benzene rings is 1. The summed E-state index contributed by atoms with van der Waals surface area (Å²) in [4.78, 5) is 26.0. The summed E-state index contributed by atoms with van der Waals surface area (Å²) in [5.41, 5.74) is 9.00. The van der Waals surface area contributed by atoms with E-state index in [0.29, 0.717) is 18.1 Å². The minimum Gasteiger partial charge on any atom is -0.493 e. The van der Waals surface area contributed by atoms with Gasteiger partial charge in [-0.15, -0.1) is 0 Å². The van der Waals surface area contributed by atoms with Gasteiger partial charge in [0.25, 0.3) is 5.91 Å². The molecule has 1 amide bonds. The minimum atomic E-state index is -0.533. The highest BCUT2D eigenvalue weighted by Crippen LogP contribution is 2.30. The Balaban J connectivity index is 1.40. The van der Waals surface area contributed by atoms with E-state index in [1.807, 2.05) is 30.5 Å². The number of nitrogens with zero attached hydrogens (tertiary/aromatic N) is 4. The van der Waals surface area contributed by atoms with Crippen molar-refractivity contribution in [3.05, 3.63) is 66.5 Å². The first kappa shape index (κ1) is 21.7. The number of aromatic nitrogens is 3. The molecule has 1 aliphatic heterocycles. The standard InChI is InChI=1S/C23H25N5O4/c1-30-21-8-16(2-5-20(21)32-14-23(24)29)12-28-6-7-31-22(13-28)19-4-3-17(11-27-19)18-9-25-15-26-10-18/h2-5,8-11,15,22H,6-7,12-14H2,1H3,(H2,24,29)/t22-/m0/s1. The molecule has 32 heavy (non-hydrogen) atoms. The van der Waals surface area contributed by atoms with E-state index in [4.69, 9.17) is 19.9 Å². The lowest BCUT2D eigenvalue weighted by Crippen LogP contribution is -2.38. The predicted octanol–water partition coefficient (Wildman–Crippen LogP) is 1.98. The SMILES string of the molecule is COc1cc(CN2CCO[C@H](c3ccc(-c4cncnc4)cn3)C2)ccc1OCC(N)=O. The van der Waals surface area contributed by atoms with Crippen molar-refractivity contribution < 1.29 is 19.0 Å². The Bertz CT molecular complexity index is 1050. The number of nitrogens with two attached hydrogens (primary N) is 1. The molecule has 1 aromatic carbocycles. The lowest BCUT2D eigenvalue weighted by atomic mass is 10.1. The van der Waals surface area contributed by atoms with Gasteiger partial charge in [-0.1, -0.05) is 12.1 Å². The van der Waals surface area contributed by atoms with Crippen LogP contribution >= 0.6 is 0 Å². The van der Waals surface area contributed by atoms with E-state index >= 15 is 0 Å². The molecule has 2 aromatic heterocycles. The van der Waals surface area contributed by atoms with Crippen LogP contribution in [-0.4, -0.2) is 59.2 Å². The van der Waals surface area contributed by atoms with Gasteiger partial charge in [0.05, 0.1) is 19.4 Å². The molecule has 166 valence electrons. The largest absolute Gasteiger partial charge is 0.493 e. The molecule has 1 fully saturated rings. The number of ether oxygens (including phenoxy) is 3. The van der Waals surface area contributed by atoms with Crippen molar-refractivity contribution in [1.82, 2.24) is 19.9 Å². The van der Waals surface area contributed by atoms with Gasteiger partial charge in [-0.3, -0.25) is 14.7 Å². The molecule has 3 heterocycles. The Morgan fingerprint density at radius 1 is 1.16 bits per heavy atom. The maximum absolute atomic E-state index is 11.0. The van der Waals surface area contributed by atoms with Crippen LogP contribution in [-0.2, 0) is 16.1 Å². The van der Waals surface area contributed by atoms with Crippen molar-refractivity contribution in [1.29, 1.82) is 0 Å². The lowest BCUT2D eigenvalue weighted by Gasteiger charge is -2.32. The molecule has 0 spiro atoms. The molecule has 2 N–H and O–H groups in total. The third-order valence-corrected chi connectivity index (χ3v) is 5.16. The minimum absolute atomic E-state index is 0.107. The summed E-state index contributed by atoms with van der Waals surface area (Å²) in [6, 6.07) is 9.67. The Morgan fingerprint density at radius 3 is 2.72 bits per heavy atom. The molecule has 1 saturated heterocycles. The van der Waals surface area contributed by atoms with Gasteiger partial charge in [0.2, 0.25) is 0 Å². The molecular formula is C23H25N5O4. The van der Waals surface area contributed by atoms with E-state index in [1.54, 1.807) is 25.6 Å². The highest BCUT2D eigenvalue weighted by molar-refractivity contribution is 5.75. The maximum atomic E-state index is 11.0. The number of rotatable bonds is 8. The van der Waals surface area contributed by atoms with Crippen LogP contribution in [0.15, 0.2) is 55.2 Å². The number of pyridine rings is 1. The molecular weight excluding hydrogens is 410 g/mol. The predicted molar refractivity (Wildman–Crippen MR) is 117 cm³/mol. The van der Waals surface area contributed by atoms with Gasteiger partial charge in [0, 0.05) is 49.4 Å². The summed E-state index contributed by atoms with van der Waals surface area (Å²) >= 11 is 0. The normalized spacial score (nSPS) is 16.5. The van der Waals surface area contributed by atoms with Crippen LogP contribution in [0.3, 0.4) is 0 Å². The number of morpholine rings is 1. The van der Waals surface area contributed by atoms with Gasteiger partial charge in [-0.25, -0.2) is 9.97 Å². The fourth-order valence-corrected chi connectivity index (χ4v) is 3.58. The Morgan fingerprint density at radius 2 is 2.00 bits per heavy atom. The molecule has 9 heteroatoms. The molecule has 0 aliphatic carbocycles. The first-order chi connectivity index (χ1) is 15.6. The van der Waals surface area contributed by atoms with Crippen LogP contribution in [0.1, 0.15) is 17.4 Å². The number of carbonyl (C=O) groups excluding carboxylic acids is 1. The fourth-order valence-electron chi connectivity index (χ4n) is 3.58. The number of methoxy groups -OCH3 is 1. The van der Waals surface area contributed by atoms with Crippen LogP contribution in [0.2, 0.25) is 0 Å². The molecule has 0 radical (unpaired) electrons. The van der Waals surface area contributed by atoms with Crippen molar-refractivity contribution >= 4 is 5.91 Å². The van der Waals surface area contributed by atoms with E-state index in [0.717, 1.165) is 42.0 Å². The smallest absolute Gasteiger partial charge is 0.255 e. The quantitative estimate of drug-likeness (QED) is 0.572. The highest BCUT2D eigenvalue weighted by atomic mass is 16.5. The van der Waals surface area contributed by atoms with Gasteiger partial charge < -0.3 is 19.9 Å². The van der Waals surface area contributed by atoms with Crippen molar-refractivity contribution in [2.45, 2.75) is 12.6 Å². The van der Waals surface area contributed by atoms with Crippen molar-refractivity contribution in [3.8, 4) is 22.6 Å². The van der Waals surface area contributed by atoms with E-state index in [2.05, 4.69) is 19.9 Å². The van der Waals surface area contributed by atoms with Crippen LogP contribution in [0.25, 0.3) is 11.1 Å². The Labute approximate surface area is 186 Å². The summed E-state index contributed by atoms with van der Waals surface area (Å²) in [7, 11) is 1.57. The first-order valence-corrected chi connectivity index (χ1v) is 10.3. The average Bonchev–Trinajstić information content (AvgIpc) is 2.84. The van der Waals surface area contributed by atoms with Crippen LogP contribution in [0.5, 0.6) is 11.5 Å². The second-order valence-corrected chi connectivity index (χ2v) is 7.43. The molecule has 1 aliphatic rings. The molecule has 0 saturated carbocycles. The van der Waals surface area contributed by atoms with Crippen molar-refractivity contribution in [2.24, 2.45) is 5.73 Å². The zero-order valence-corrected chi connectivity index (χ0v) is 17.8. The van der Waals surface area contributed by atoms with Gasteiger partial charge in [0.15, 0.2) is 18.1 Å². The fraction of sp³-hybridized carbons (Fsp3) is 0.304. The van der Waals surface area contributed by atoms with Crippen LogP contribution < -0.4 is 15.2 Å². The van der Waals surface area contributed by atoms with Gasteiger partial charge in [-0.2, -0.15) is 0 Å². The summed E-state index contributed by atoms with van der Waals surface area (Å²) in [5.74, 6) is 0.521. The van der Waals surface area contributed by atoms with Crippen molar-refractivity contribution in [3.63, 3.8) is 0 Å². The zero-order chi connectivity index (χ0) is 22.3. The summed E-state index contributed by atoms with van der Waals surface area (Å²) in [6.07, 6.45) is 6.76. The topological polar surface area (TPSA) is 113 Å². The van der Waals surface area contributed by atoms with Gasteiger partial charge in [-0.05, 0) is 23.8 Å². The number of carbonyl (C=O) groups is 1. The molecule has 9 nitrogen and oxygen atoms in total. The number of hydrogen-bond acceptors (Lipinski definition) is 8. The second-order valence-electron chi connectivity index (χ2n) is 7.43. The monoisotopic (exact) mass is 435 g/mol. The van der Waals surface area contributed by atoms with Crippen molar-refractivity contribution in [2.75, 3.05) is 33.4 Å². The van der Waals surface area contributed by atoms with E-state index < -0.39 is 5.91 Å². The van der Waals surface area contributed by atoms with E-state index in [1.165, 1.54) is 6.33 Å². The molecule has 1 atom stereocenters. The van der Waals surface area contributed by atoms with Gasteiger partial charge in [0.1, 0.15) is 12.4 Å². The highest BCUT2D eigenvalue weighted by Gasteiger charge is 2.23.